The lowest BCUT2D eigenvalue weighted by Crippen LogP contribution is -2.42. The van der Waals surface area contributed by atoms with E-state index in [1.165, 1.54) is 31.5 Å². The molecule has 168 valence electrons. The van der Waals surface area contributed by atoms with E-state index in [2.05, 4.69) is 32.8 Å². The third-order valence-electron chi connectivity index (χ3n) is 4.92. The quantitative estimate of drug-likeness (QED) is 0.446. The second-order valence-electron chi connectivity index (χ2n) is 9.07. The fourth-order valence-electron chi connectivity index (χ4n) is 3.46. The number of amides is 1. The van der Waals surface area contributed by atoms with Gasteiger partial charge in [0, 0.05) is 32.4 Å². The Balaban J connectivity index is 1.67. The standard InChI is InChI=1S/C23H39N5O2/c1-18(17-28-14-6-7-15-28)16-26-21(24-5)25-13-12-19-8-10-20(11-9-19)27-22(29)30-23(2,3)4/h8-11,18H,6-7,12-17H2,1-5H3,(H,27,29)(H2,24,25,26). The Morgan fingerprint density at radius 2 is 1.83 bits per heavy atom. The fraction of sp³-hybridized carbons (Fsp3) is 0.652. The molecule has 0 radical (unpaired) electrons. The van der Waals surface area contributed by atoms with Crippen LogP contribution in [0.15, 0.2) is 29.3 Å². The van der Waals surface area contributed by atoms with E-state index in [9.17, 15) is 4.79 Å². The van der Waals surface area contributed by atoms with Crippen molar-refractivity contribution in [1.29, 1.82) is 0 Å². The van der Waals surface area contributed by atoms with Crippen molar-refractivity contribution in [2.75, 3.05) is 45.1 Å². The number of aliphatic imine (C=N–C) groups is 1. The van der Waals surface area contributed by atoms with Crippen LogP contribution < -0.4 is 16.0 Å². The number of rotatable bonds is 8. The molecule has 1 aromatic carbocycles. The molecule has 1 heterocycles. The van der Waals surface area contributed by atoms with E-state index < -0.39 is 11.7 Å². The monoisotopic (exact) mass is 417 g/mol. The number of carbonyl (C=O) groups excluding carboxylic acids is 1. The molecule has 1 aliphatic rings. The second-order valence-corrected chi connectivity index (χ2v) is 9.07. The minimum atomic E-state index is -0.506. The second kappa shape index (κ2) is 11.8. The molecule has 1 aromatic rings. The summed E-state index contributed by atoms with van der Waals surface area (Å²) in [7, 11) is 1.80. The van der Waals surface area contributed by atoms with Gasteiger partial charge in [-0.1, -0.05) is 19.1 Å². The van der Waals surface area contributed by atoms with Crippen LogP contribution in [0.4, 0.5) is 10.5 Å². The van der Waals surface area contributed by atoms with Gasteiger partial charge in [-0.05, 0) is 76.7 Å². The van der Waals surface area contributed by atoms with Crippen molar-refractivity contribution in [3.8, 4) is 0 Å². The molecule has 1 fully saturated rings. The molecule has 0 bridgehead atoms. The van der Waals surface area contributed by atoms with Crippen molar-refractivity contribution in [3.63, 3.8) is 0 Å². The van der Waals surface area contributed by atoms with E-state index in [0.29, 0.717) is 5.92 Å². The van der Waals surface area contributed by atoms with Gasteiger partial charge in [-0.3, -0.25) is 10.3 Å². The summed E-state index contributed by atoms with van der Waals surface area (Å²) in [5, 5.41) is 9.56. The molecule has 1 unspecified atom stereocenters. The van der Waals surface area contributed by atoms with Crippen LogP contribution in [0.5, 0.6) is 0 Å². The van der Waals surface area contributed by atoms with Gasteiger partial charge in [0.05, 0.1) is 0 Å². The summed E-state index contributed by atoms with van der Waals surface area (Å²) in [4.78, 5) is 18.7. The minimum Gasteiger partial charge on any atom is -0.444 e. The normalized spacial score (nSPS) is 16.2. The van der Waals surface area contributed by atoms with E-state index in [1.807, 2.05) is 45.0 Å². The van der Waals surface area contributed by atoms with Crippen molar-refractivity contribution in [2.24, 2.45) is 10.9 Å². The maximum Gasteiger partial charge on any atom is 0.412 e. The summed E-state index contributed by atoms with van der Waals surface area (Å²) in [6.45, 7) is 13.2. The van der Waals surface area contributed by atoms with Gasteiger partial charge in [0.2, 0.25) is 0 Å². The molecular formula is C23H39N5O2. The third kappa shape index (κ3) is 9.48. The Hall–Kier alpha value is -2.28. The van der Waals surface area contributed by atoms with Gasteiger partial charge in [-0.2, -0.15) is 0 Å². The van der Waals surface area contributed by atoms with Crippen LogP contribution in [0.1, 0.15) is 46.1 Å². The molecule has 0 saturated carbocycles. The minimum absolute atomic E-state index is 0.439. The van der Waals surface area contributed by atoms with Gasteiger partial charge in [-0.25, -0.2) is 4.79 Å². The summed E-state index contributed by atoms with van der Waals surface area (Å²) >= 11 is 0. The van der Waals surface area contributed by atoms with E-state index >= 15 is 0 Å². The van der Waals surface area contributed by atoms with Crippen LogP contribution in [-0.2, 0) is 11.2 Å². The zero-order chi connectivity index (χ0) is 22.0. The van der Waals surface area contributed by atoms with E-state index in [1.54, 1.807) is 7.05 Å². The van der Waals surface area contributed by atoms with Crippen molar-refractivity contribution < 1.29 is 9.53 Å². The molecule has 7 heteroatoms. The Morgan fingerprint density at radius 1 is 1.17 bits per heavy atom. The number of hydrogen-bond acceptors (Lipinski definition) is 4. The highest BCUT2D eigenvalue weighted by Gasteiger charge is 2.16. The zero-order valence-corrected chi connectivity index (χ0v) is 19.3. The van der Waals surface area contributed by atoms with Crippen LogP contribution in [0.3, 0.4) is 0 Å². The van der Waals surface area contributed by atoms with Crippen molar-refractivity contribution in [3.05, 3.63) is 29.8 Å². The molecule has 0 spiro atoms. The number of hydrogen-bond donors (Lipinski definition) is 3. The van der Waals surface area contributed by atoms with Gasteiger partial charge in [0.15, 0.2) is 5.96 Å². The van der Waals surface area contributed by atoms with Crippen molar-refractivity contribution >= 4 is 17.7 Å². The number of carbonyl (C=O) groups is 1. The van der Waals surface area contributed by atoms with Gasteiger partial charge in [0.25, 0.3) is 0 Å². The molecular weight excluding hydrogens is 378 g/mol. The Morgan fingerprint density at radius 3 is 2.43 bits per heavy atom. The molecule has 1 saturated heterocycles. The number of anilines is 1. The molecule has 30 heavy (non-hydrogen) atoms. The van der Waals surface area contributed by atoms with E-state index in [4.69, 9.17) is 4.74 Å². The Bertz CT molecular complexity index is 676. The molecule has 3 N–H and O–H groups in total. The summed E-state index contributed by atoms with van der Waals surface area (Å²) in [5.41, 5.74) is 1.41. The highest BCUT2D eigenvalue weighted by molar-refractivity contribution is 5.84. The maximum absolute atomic E-state index is 11.8. The lowest BCUT2D eigenvalue weighted by Gasteiger charge is -2.21. The zero-order valence-electron chi connectivity index (χ0n) is 19.3. The lowest BCUT2D eigenvalue weighted by atomic mass is 10.1. The highest BCUT2D eigenvalue weighted by Crippen LogP contribution is 2.13. The van der Waals surface area contributed by atoms with Gasteiger partial charge < -0.3 is 20.3 Å². The Kier molecular flexibility index (Phi) is 9.43. The molecule has 1 aliphatic heterocycles. The molecule has 2 rings (SSSR count). The molecule has 1 amide bonds. The van der Waals surface area contributed by atoms with Crippen LogP contribution in [0.25, 0.3) is 0 Å². The average molecular weight is 418 g/mol. The SMILES string of the molecule is CN=C(NCCc1ccc(NC(=O)OC(C)(C)C)cc1)NCC(C)CN1CCCC1. The number of nitrogens with zero attached hydrogens (tertiary/aromatic N) is 2. The number of guanidine groups is 1. The smallest absolute Gasteiger partial charge is 0.412 e. The first-order valence-corrected chi connectivity index (χ1v) is 11.0. The number of nitrogens with one attached hydrogen (secondary N) is 3. The number of benzene rings is 1. The van der Waals surface area contributed by atoms with E-state index in [0.717, 1.165) is 37.7 Å². The fourth-order valence-corrected chi connectivity index (χ4v) is 3.46. The first kappa shape index (κ1) is 24.0. The van der Waals surface area contributed by atoms with Crippen LogP contribution in [0, 0.1) is 5.92 Å². The first-order valence-electron chi connectivity index (χ1n) is 11.0. The van der Waals surface area contributed by atoms with Crippen LogP contribution in [-0.4, -0.2) is 62.3 Å². The molecule has 1 atom stereocenters. The van der Waals surface area contributed by atoms with Gasteiger partial charge in [0.1, 0.15) is 5.60 Å². The molecule has 0 aliphatic carbocycles. The van der Waals surface area contributed by atoms with Gasteiger partial charge >= 0.3 is 6.09 Å². The largest absolute Gasteiger partial charge is 0.444 e. The maximum atomic E-state index is 11.8. The number of ether oxygens (including phenoxy) is 1. The topological polar surface area (TPSA) is 78.0 Å². The van der Waals surface area contributed by atoms with Crippen molar-refractivity contribution in [1.82, 2.24) is 15.5 Å². The first-order chi connectivity index (χ1) is 14.2. The van der Waals surface area contributed by atoms with Crippen molar-refractivity contribution in [2.45, 2.75) is 52.6 Å². The highest BCUT2D eigenvalue weighted by atomic mass is 16.6. The predicted molar refractivity (Wildman–Crippen MR) is 124 cm³/mol. The van der Waals surface area contributed by atoms with Crippen LogP contribution >= 0.6 is 0 Å². The van der Waals surface area contributed by atoms with Gasteiger partial charge in [-0.15, -0.1) is 0 Å². The lowest BCUT2D eigenvalue weighted by molar-refractivity contribution is 0.0636. The molecule has 7 nitrogen and oxygen atoms in total. The summed E-state index contributed by atoms with van der Waals surface area (Å²) in [6, 6.07) is 7.82. The average Bonchev–Trinajstić information content (AvgIpc) is 3.17. The molecule has 0 aromatic heterocycles. The number of likely N-dealkylation sites (tertiary alicyclic amines) is 1. The van der Waals surface area contributed by atoms with E-state index in [-0.39, 0.29) is 0 Å². The summed E-state index contributed by atoms with van der Waals surface area (Å²) < 4.78 is 5.27. The summed E-state index contributed by atoms with van der Waals surface area (Å²) in [5.74, 6) is 1.43. The Labute approximate surface area is 181 Å². The predicted octanol–water partition coefficient (Wildman–Crippen LogP) is 3.47. The summed E-state index contributed by atoms with van der Waals surface area (Å²) in [6.07, 6.45) is 3.10. The third-order valence-corrected chi connectivity index (χ3v) is 4.92. The van der Waals surface area contributed by atoms with Crippen LogP contribution in [0.2, 0.25) is 0 Å².